The van der Waals surface area contributed by atoms with E-state index in [1.807, 2.05) is 27.2 Å². The van der Waals surface area contributed by atoms with Crippen molar-refractivity contribution in [3.63, 3.8) is 0 Å². The Morgan fingerprint density at radius 3 is 1.07 bits per heavy atom. The Bertz CT molecular complexity index is 1770. The molecule has 0 aromatic rings. The van der Waals surface area contributed by atoms with Gasteiger partial charge >= 0.3 is 0 Å². The van der Waals surface area contributed by atoms with Crippen LogP contribution in [-0.2, 0) is 18.4 Å². The van der Waals surface area contributed by atoms with Crippen molar-refractivity contribution in [2.45, 2.75) is 302 Å². The molecule has 0 aliphatic rings. The molecule has 0 aliphatic heterocycles. The van der Waals surface area contributed by atoms with Gasteiger partial charge < -0.3 is 28.8 Å². The number of rotatable bonds is 62. The van der Waals surface area contributed by atoms with Crippen LogP contribution in [0.4, 0.5) is 0 Å². The highest BCUT2D eigenvalue weighted by molar-refractivity contribution is 7.45. The van der Waals surface area contributed by atoms with Crippen molar-refractivity contribution in [2.75, 3.05) is 40.9 Å². The zero-order chi connectivity index (χ0) is 60.5. The fourth-order valence-electron chi connectivity index (χ4n) is 9.62. The molecule has 0 bridgehead atoms. The van der Waals surface area contributed by atoms with Crippen LogP contribution in [0.5, 0.6) is 0 Å². The minimum Gasteiger partial charge on any atom is -0.756 e. The molecule has 83 heavy (non-hydrogen) atoms. The normalized spacial score (nSPS) is 14.4. The number of nitrogens with one attached hydrogen (secondary N) is 1. The van der Waals surface area contributed by atoms with E-state index in [2.05, 4.69) is 129 Å². The number of quaternary nitrogens is 1. The number of aliphatic hydroxyl groups excluding tert-OH is 1. The van der Waals surface area contributed by atoms with Crippen LogP contribution < -0.4 is 10.2 Å². The number of phosphoric acid groups is 1. The minimum absolute atomic E-state index is 0.0111. The van der Waals surface area contributed by atoms with Gasteiger partial charge in [0.1, 0.15) is 13.2 Å². The molecule has 0 aromatic carbocycles. The lowest BCUT2D eigenvalue weighted by Gasteiger charge is -2.29. The van der Waals surface area contributed by atoms with E-state index in [0.717, 1.165) is 116 Å². The fraction of sp³-hybridized carbons (Fsp3) is 0.716. The quantitative estimate of drug-likeness (QED) is 0.0272. The van der Waals surface area contributed by atoms with Gasteiger partial charge in [-0.1, -0.05) is 315 Å². The summed E-state index contributed by atoms with van der Waals surface area (Å²) in [5.41, 5.74) is 0. The summed E-state index contributed by atoms with van der Waals surface area (Å²) in [6, 6.07) is -0.908. The smallest absolute Gasteiger partial charge is 0.268 e. The monoisotopic (exact) mass is 1170 g/mol. The number of hydrogen-bond acceptors (Lipinski definition) is 6. The van der Waals surface area contributed by atoms with Crippen molar-refractivity contribution in [2.24, 2.45) is 0 Å². The molecular weight excluding hydrogens is 1040 g/mol. The highest BCUT2D eigenvalue weighted by Gasteiger charge is 2.23. The predicted molar refractivity (Wildman–Crippen MR) is 362 cm³/mol. The molecule has 478 valence electrons. The molecule has 9 heteroatoms. The largest absolute Gasteiger partial charge is 0.756 e. The maximum atomic E-state index is 13.0. The summed E-state index contributed by atoms with van der Waals surface area (Å²) in [5.74, 6) is -0.218. The molecule has 0 rings (SSSR count). The number of aliphatic hydroxyl groups is 1. The standard InChI is InChI=1S/C74H131N2O6P/c1-6-8-10-12-14-16-18-20-22-24-26-28-30-32-34-36-37-38-39-40-42-44-46-48-50-52-54-56-58-60-62-64-66-68-74(78)75-72(71-82-83(79,80)81-70-69-76(3,4)5)73(77)67-65-63-61-59-57-55-53-51-49-47-45-43-41-35-33-31-29-27-25-23-21-19-17-15-13-11-9-7-2/h8,10,14,16,20,22,26,28,32,34,37-38,40,42,46,48,52,54,65,67,72-73,77H,6-7,9,11-13,15,17-19,21,23-25,27,29-31,33,35-36,39,41,43-45,47,49-51,53,55-64,66,68-71H2,1-5H3,(H-,75,78,79,80)/b10-8-,16-14-,22-20-,28-26-,34-32-,38-37-,42-40-,48-46-,54-52-,67-65+. The first-order valence-electron chi connectivity index (χ1n) is 34.4. The number of nitrogens with zero attached hydrogens (tertiary/aromatic N) is 1. The van der Waals surface area contributed by atoms with E-state index in [1.54, 1.807) is 6.08 Å². The lowest BCUT2D eigenvalue weighted by Crippen LogP contribution is -2.45. The predicted octanol–water partition coefficient (Wildman–Crippen LogP) is 21.4. The minimum atomic E-state index is -4.62. The van der Waals surface area contributed by atoms with E-state index in [9.17, 15) is 19.4 Å². The summed E-state index contributed by atoms with van der Waals surface area (Å²) in [6.45, 7) is 4.54. The van der Waals surface area contributed by atoms with E-state index in [-0.39, 0.29) is 12.5 Å². The lowest BCUT2D eigenvalue weighted by molar-refractivity contribution is -0.870. The average Bonchev–Trinajstić information content (AvgIpc) is 3.49. The second kappa shape index (κ2) is 63.4. The SMILES string of the molecule is CC/C=C\C/C=C\C/C=C\C/C=C\C/C=C\C/C=C\C/C=C\C/C=C\C/C=C\CCCCCCCC(=O)NC(COP(=O)([O-])OCC[N+](C)(C)C)C(O)/C=C/CCCCCCCCCCCCCCCCCCCCCCCCCCCC. The van der Waals surface area contributed by atoms with Crippen LogP contribution in [0.3, 0.4) is 0 Å². The Morgan fingerprint density at radius 2 is 0.735 bits per heavy atom. The average molecular weight is 1180 g/mol. The number of unbranched alkanes of at least 4 members (excludes halogenated alkanes) is 31. The first kappa shape index (κ1) is 79.9. The topological polar surface area (TPSA) is 108 Å². The van der Waals surface area contributed by atoms with Gasteiger partial charge in [0.05, 0.1) is 39.9 Å². The molecule has 3 unspecified atom stereocenters. The van der Waals surface area contributed by atoms with Crippen molar-refractivity contribution in [1.82, 2.24) is 5.32 Å². The van der Waals surface area contributed by atoms with Crippen LogP contribution in [0, 0.1) is 0 Å². The van der Waals surface area contributed by atoms with Gasteiger partial charge in [-0.2, -0.15) is 0 Å². The Hall–Kier alpha value is -3.10. The summed E-state index contributed by atoms with van der Waals surface area (Å²) in [4.78, 5) is 25.6. The number of amides is 1. The van der Waals surface area contributed by atoms with Crippen molar-refractivity contribution >= 4 is 13.7 Å². The Kier molecular flexibility index (Phi) is 61.0. The van der Waals surface area contributed by atoms with Crippen LogP contribution in [0.15, 0.2) is 122 Å². The maximum Gasteiger partial charge on any atom is 0.268 e. The molecule has 0 aliphatic carbocycles. The van der Waals surface area contributed by atoms with Crippen molar-refractivity contribution in [3.05, 3.63) is 122 Å². The van der Waals surface area contributed by atoms with Gasteiger partial charge in [0, 0.05) is 6.42 Å². The van der Waals surface area contributed by atoms with Crippen molar-refractivity contribution in [3.8, 4) is 0 Å². The van der Waals surface area contributed by atoms with E-state index in [1.165, 1.54) is 154 Å². The first-order valence-corrected chi connectivity index (χ1v) is 35.9. The Morgan fingerprint density at radius 1 is 0.434 bits per heavy atom. The third-order valence-corrected chi connectivity index (χ3v) is 15.9. The third-order valence-electron chi connectivity index (χ3n) is 14.9. The summed E-state index contributed by atoms with van der Waals surface area (Å²) in [6.07, 6.45) is 94.5. The number of phosphoric ester groups is 1. The Labute approximate surface area is 514 Å². The molecule has 0 heterocycles. The van der Waals surface area contributed by atoms with E-state index in [0.29, 0.717) is 17.4 Å². The molecular formula is C74H131N2O6P. The van der Waals surface area contributed by atoms with Crippen LogP contribution in [0.2, 0.25) is 0 Å². The van der Waals surface area contributed by atoms with E-state index < -0.39 is 26.6 Å². The molecule has 3 atom stereocenters. The van der Waals surface area contributed by atoms with Gasteiger partial charge in [0.15, 0.2) is 0 Å². The number of allylic oxidation sites excluding steroid dienone is 19. The van der Waals surface area contributed by atoms with Crippen LogP contribution in [0.25, 0.3) is 0 Å². The maximum absolute atomic E-state index is 13.0. The summed E-state index contributed by atoms with van der Waals surface area (Å²) < 4.78 is 23.4. The summed E-state index contributed by atoms with van der Waals surface area (Å²) >= 11 is 0. The molecule has 0 saturated carbocycles. The highest BCUT2D eigenvalue weighted by Crippen LogP contribution is 2.38. The second-order valence-electron chi connectivity index (χ2n) is 24.2. The van der Waals surface area contributed by atoms with E-state index in [4.69, 9.17) is 9.05 Å². The van der Waals surface area contributed by atoms with Gasteiger partial charge in [0.2, 0.25) is 5.91 Å². The highest BCUT2D eigenvalue weighted by atomic mass is 31.2. The lowest BCUT2D eigenvalue weighted by atomic mass is 10.0. The molecule has 1 amide bonds. The zero-order valence-electron chi connectivity index (χ0n) is 54.6. The molecule has 2 N–H and O–H groups in total. The summed E-state index contributed by atoms with van der Waals surface area (Å²) in [5, 5.41) is 13.9. The van der Waals surface area contributed by atoms with Gasteiger partial charge in [0.25, 0.3) is 7.82 Å². The van der Waals surface area contributed by atoms with Crippen molar-refractivity contribution < 1.29 is 32.9 Å². The zero-order valence-corrected chi connectivity index (χ0v) is 55.5. The van der Waals surface area contributed by atoms with Gasteiger partial charge in [-0.05, 0) is 89.9 Å². The molecule has 8 nitrogen and oxygen atoms in total. The van der Waals surface area contributed by atoms with Gasteiger partial charge in [-0.25, -0.2) is 0 Å². The van der Waals surface area contributed by atoms with Crippen LogP contribution in [0.1, 0.15) is 290 Å². The Balaban J connectivity index is 4.20. The third kappa shape index (κ3) is 66.3. The first-order chi connectivity index (χ1) is 40.5. The van der Waals surface area contributed by atoms with Gasteiger partial charge in [-0.15, -0.1) is 0 Å². The second-order valence-corrected chi connectivity index (χ2v) is 25.6. The number of carbonyl (C=O) groups is 1. The molecule has 0 spiro atoms. The van der Waals surface area contributed by atoms with Crippen LogP contribution >= 0.6 is 7.82 Å². The number of hydrogen-bond donors (Lipinski definition) is 2. The summed E-state index contributed by atoms with van der Waals surface area (Å²) in [7, 11) is 1.24. The molecule has 0 saturated heterocycles. The van der Waals surface area contributed by atoms with Crippen molar-refractivity contribution in [1.29, 1.82) is 0 Å². The molecule has 0 aromatic heterocycles. The van der Waals surface area contributed by atoms with Crippen LogP contribution in [-0.4, -0.2) is 68.5 Å². The number of carbonyl (C=O) groups excluding carboxylic acids is 1. The van der Waals surface area contributed by atoms with E-state index >= 15 is 0 Å². The fourth-order valence-corrected chi connectivity index (χ4v) is 10.3. The number of likely N-dealkylation sites (N-methyl/N-ethyl adjacent to an activating group) is 1. The molecule has 0 fully saturated rings. The van der Waals surface area contributed by atoms with Gasteiger partial charge in [-0.3, -0.25) is 9.36 Å². The molecule has 0 radical (unpaired) electrons.